The van der Waals surface area contributed by atoms with Crippen LogP contribution in [-0.4, -0.2) is 18.6 Å². The van der Waals surface area contributed by atoms with Gasteiger partial charge >= 0.3 is 0 Å². The van der Waals surface area contributed by atoms with Gasteiger partial charge in [-0.1, -0.05) is 71.8 Å². The molecule has 0 bridgehead atoms. The summed E-state index contributed by atoms with van der Waals surface area (Å²) in [6, 6.07) is 18.9. The number of allylic oxidation sites excluding steroid dienone is 2. The Bertz CT molecular complexity index is 746. The highest BCUT2D eigenvalue weighted by Gasteiger charge is 2.19. The van der Waals surface area contributed by atoms with Crippen LogP contribution in [0, 0.1) is 0 Å². The van der Waals surface area contributed by atoms with E-state index in [1.54, 1.807) is 0 Å². The zero-order valence-corrected chi connectivity index (χ0v) is 14.8. The first-order chi connectivity index (χ1) is 10.9. The van der Waals surface area contributed by atoms with Crippen LogP contribution in [0.3, 0.4) is 0 Å². The molecule has 3 heteroatoms. The van der Waals surface area contributed by atoms with Gasteiger partial charge in [0.25, 0.3) is 0 Å². The Morgan fingerprint density at radius 2 is 1.39 bits per heavy atom. The number of hydrogen-bond donors (Lipinski definition) is 0. The molecule has 120 valence electrons. The second kappa shape index (κ2) is 7.57. The molecule has 0 spiro atoms. The van der Waals surface area contributed by atoms with Crippen LogP contribution in [0.15, 0.2) is 71.8 Å². The highest BCUT2D eigenvalue weighted by Crippen LogP contribution is 2.42. The second-order valence-corrected chi connectivity index (χ2v) is 9.16. The summed E-state index contributed by atoms with van der Waals surface area (Å²) in [6.07, 6.45) is 0.898. The lowest BCUT2D eigenvalue weighted by Crippen LogP contribution is -2.08. The number of rotatable bonds is 6. The Morgan fingerprint density at radius 3 is 1.96 bits per heavy atom. The molecule has 0 N–H and O–H groups in total. The van der Waals surface area contributed by atoms with E-state index in [4.69, 9.17) is 0 Å². The number of hydrogen-bond acceptors (Lipinski definition) is 2. The Labute approximate surface area is 138 Å². The van der Waals surface area contributed by atoms with E-state index in [-0.39, 0.29) is 5.78 Å². The molecule has 0 aliphatic carbocycles. The maximum atomic E-state index is 13.0. The van der Waals surface area contributed by atoms with Crippen LogP contribution in [0.2, 0.25) is 0 Å². The van der Waals surface area contributed by atoms with Gasteiger partial charge in [-0.25, -0.2) is 0 Å². The number of benzene rings is 2. The first-order valence-electron chi connectivity index (χ1n) is 7.76. The van der Waals surface area contributed by atoms with Crippen molar-refractivity contribution in [3.8, 4) is 0 Å². The van der Waals surface area contributed by atoms with Crippen molar-refractivity contribution in [2.45, 2.75) is 20.3 Å². The van der Waals surface area contributed by atoms with E-state index < -0.39 is 7.14 Å². The molecule has 0 radical (unpaired) electrons. The average Bonchev–Trinajstić information content (AvgIpc) is 2.56. The second-order valence-electron chi connectivity index (χ2n) is 6.12. The van der Waals surface area contributed by atoms with Crippen LogP contribution in [0.1, 0.15) is 30.6 Å². The molecule has 0 heterocycles. The maximum Gasteiger partial charge on any atom is 0.166 e. The SMILES string of the molecule is C/C(CC(=O)c1ccccc1)=C(\C)CP(C)(=O)c1ccccc1. The lowest BCUT2D eigenvalue weighted by Gasteiger charge is -2.16. The minimum absolute atomic E-state index is 0.105. The summed E-state index contributed by atoms with van der Waals surface area (Å²) >= 11 is 0. The van der Waals surface area contributed by atoms with Gasteiger partial charge in [-0.05, 0) is 20.5 Å². The molecule has 1 unspecified atom stereocenters. The first kappa shape index (κ1) is 17.4. The summed E-state index contributed by atoms with van der Waals surface area (Å²) in [5.41, 5.74) is 2.78. The fraction of sp³-hybridized carbons (Fsp3) is 0.250. The highest BCUT2D eigenvalue weighted by molar-refractivity contribution is 7.71. The van der Waals surface area contributed by atoms with E-state index in [9.17, 15) is 9.36 Å². The first-order valence-corrected chi connectivity index (χ1v) is 10.1. The zero-order valence-electron chi connectivity index (χ0n) is 14.0. The van der Waals surface area contributed by atoms with Crippen LogP contribution < -0.4 is 5.30 Å². The van der Waals surface area contributed by atoms with Crippen LogP contribution in [-0.2, 0) is 4.57 Å². The maximum absolute atomic E-state index is 13.0. The molecule has 0 aliphatic heterocycles. The van der Waals surface area contributed by atoms with Crippen molar-refractivity contribution >= 4 is 18.2 Å². The molecule has 0 aromatic heterocycles. The summed E-state index contributed by atoms with van der Waals surface area (Å²) < 4.78 is 13.0. The Morgan fingerprint density at radius 1 is 0.870 bits per heavy atom. The molecule has 2 rings (SSSR count). The largest absolute Gasteiger partial charge is 0.319 e. The predicted molar refractivity (Wildman–Crippen MR) is 98.2 cm³/mol. The van der Waals surface area contributed by atoms with E-state index in [0.717, 1.165) is 22.0 Å². The number of carbonyl (C=O) groups is 1. The normalized spacial score (nSPS) is 14.7. The van der Waals surface area contributed by atoms with Crippen LogP contribution >= 0.6 is 7.14 Å². The standard InChI is InChI=1S/C20H23O2P/c1-16(14-20(21)18-10-6-4-7-11-18)17(2)15-23(3,22)19-12-8-5-9-13-19/h4-13H,14-15H2,1-3H3/b17-16-. The molecule has 2 aromatic rings. The summed E-state index contributed by atoms with van der Waals surface area (Å²) in [6.45, 7) is 5.76. The highest BCUT2D eigenvalue weighted by atomic mass is 31.2. The zero-order chi connectivity index (χ0) is 16.9. The van der Waals surface area contributed by atoms with E-state index in [1.807, 2.05) is 81.2 Å². The molecule has 0 fully saturated rings. The smallest absolute Gasteiger partial charge is 0.166 e. The molecule has 2 nitrogen and oxygen atoms in total. The van der Waals surface area contributed by atoms with E-state index in [0.29, 0.717) is 12.6 Å². The van der Waals surface area contributed by atoms with Gasteiger partial charge < -0.3 is 4.57 Å². The molecular weight excluding hydrogens is 303 g/mol. The average molecular weight is 326 g/mol. The van der Waals surface area contributed by atoms with E-state index >= 15 is 0 Å². The van der Waals surface area contributed by atoms with Crippen molar-refractivity contribution in [3.05, 3.63) is 77.4 Å². The number of carbonyl (C=O) groups excluding carboxylic acids is 1. The molecule has 0 saturated carbocycles. The van der Waals surface area contributed by atoms with Gasteiger partial charge in [-0.2, -0.15) is 0 Å². The van der Waals surface area contributed by atoms with E-state index in [2.05, 4.69) is 0 Å². The fourth-order valence-electron chi connectivity index (χ4n) is 2.54. The minimum Gasteiger partial charge on any atom is -0.319 e. The lowest BCUT2D eigenvalue weighted by molar-refractivity contribution is 0.0992. The Kier molecular flexibility index (Phi) is 5.74. The molecular formula is C20H23O2P. The van der Waals surface area contributed by atoms with Crippen LogP contribution in [0.4, 0.5) is 0 Å². The van der Waals surface area contributed by atoms with Crippen molar-refractivity contribution in [3.63, 3.8) is 0 Å². The van der Waals surface area contributed by atoms with Gasteiger partial charge in [0.1, 0.15) is 7.14 Å². The minimum atomic E-state index is -2.44. The fourth-order valence-corrected chi connectivity index (χ4v) is 4.70. The van der Waals surface area contributed by atoms with Crippen molar-refractivity contribution in [1.29, 1.82) is 0 Å². The van der Waals surface area contributed by atoms with Crippen molar-refractivity contribution in [1.82, 2.24) is 0 Å². The summed E-state index contributed by atoms with van der Waals surface area (Å²) in [5, 5.41) is 0.890. The third-order valence-electron chi connectivity index (χ3n) is 4.09. The Hall–Kier alpha value is -1.92. The third kappa shape index (κ3) is 4.77. The van der Waals surface area contributed by atoms with Crippen LogP contribution in [0.25, 0.3) is 0 Å². The van der Waals surface area contributed by atoms with E-state index in [1.165, 1.54) is 0 Å². The van der Waals surface area contributed by atoms with Gasteiger partial charge in [-0.3, -0.25) is 4.79 Å². The Balaban J connectivity index is 2.12. The van der Waals surface area contributed by atoms with Crippen molar-refractivity contribution in [2.75, 3.05) is 12.8 Å². The third-order valence-corrected chi connectivity index (χ3v) is 6.56. The van der Waals surface area contributed by atoms with Gasteiger partial charge in [-0.15, -0.1) is 0 Å². The van der Waals surface area contributed by atoms with Gasteiger partial charge in [0.05, 0.1) is 0 Å². The van der Waals surface area contributed by atoms with Crippen molar-refractivity contribution in [2.24, 2.45) is 0 Å². The van der Waals surface area contributed by atoms with Crippen LogP contribution in [0.5, 0.6) is 0 Å². The topological polar surface area (TPSA) is 34.1 Å². The monoisotopic (exact) mass is 326 g/mol. The molecule has 1 atom stereocenters. The molecule has 0 aliphatic rings. The molecule has 0 amide bonds. The lowest BCUT2D eigenvalue weighted by atomic mass is 10.0. The van der Waals surface area contributed by atoms with Gasteiger partial charge in [0, 0.05) is 23.5 Å². The quantitative estimate of drug-likeness (QED) is 0.429. The van der Waals surface area contributed by atoms with Crippen molar-refractivity contribution < 1.29 is 9.36 Å². The predicted octanol–water partition coefficient (Wildman–Crippen LogP) is 4.91. The summed E-state index contributed by atoms with van der Waals surface area (Å²) in [7, 11) is -2.44. The molecule has 2 aromatic carbocycles. The number of Topliss-reactive ketones (excluding diaryl/α,β-unsaturated/α-hetero) is 1. The summed E-state index contributed by atoms with van der Waals surface area (Å²) in [4.78, 5) is 12.3. The molecule has 0 saturated heterocycles. The summed E-state index contributed by atoms with van der Waals surface area (Å²) in [5.74, 6) is 0.105. The number of ketones is 1. The van der Waals surface area contributed by atoms with Gasteiger partial charge in [0.2, 0.25) is 0 Å². The molecule has 23 heavy (non-hydrogen) atoms. The van der Waals surface area contributed by atoms with Gasteiger partial charge in [0.15, 0.2) is 5.78 Å².